The lowest BCUT2D eigenvalue weighted by molar-refractivity contribution is -0.114. The van der Waals surface area contributed by atoms with Crippen molar-refractivity contribution in [3.05, 3.63) is 52.3 Å². The molecule has 27 heavy (non-hydrogen) atoms. The Morgan fingerprint density at radius 1 is 1.04 bits per heavy atom. The van der Waals surface area contributed by atoms with Crippen LogP contribution < -0.4 is 5.32 Å². The second kappa shape index (κ2) is 7.99. The maximum absolute atomic E-state index is 12.5. The molecular formula is C20H22N2O5. The number of Topliss-reactive ketones (excluding diaryl/α,β-unsaturated/α-hetero) is 2. The molecule has 7 heteroatoms. The lowest BCUT2D eigenvalue weighted by atomic mass is 10.1. The van der Waals surface area contributed by atoms with Crippen molar-refractivity contribution in [3.8, 4) is 0 Å². The van der Waals surface area contributed by atoms with Crippen LogP contribution in [0.5, 0.6) is 0 Å². The van der Waals surface area contributed by atoms with Crippen molar-refractivity contribution < 1.29 is 23.9 Å². The quantitative estimate of drug-likeness (QED) is 0.600. The molecule has 1 aromatic heterocycles. The fraction of sp³-hybridized carbons (Fsp3) is 0.300. The van der Waals surface area contributed by atoms with Gasteiger partial charge in [0.2, 0.25) is 11.7 Å². The van der Waals surface area contributed by atoms with Crippen LogP contribution in [-0.2, 0) is 9.53 Å². The lowest BCUT2D eigenvalue weighted by Gasteiger charge is -2.12. The highest BCUT2D eigenvalue weighted by atomic mass is 16.5. The number of anilines is 1. The predicted octanol–water partition coefficient (Wildman–Crippen LogP) is 3.22. The van der Waals surface area contributed by atoms with Crippen LogP contribution in [0, 0.1) is 13.8 Å². The molecule has 0 bridgehead atoms. The number of hydrogen-bond donors (Lipinski definition) is 2. The van der Waals surface area contributed by atoms with Crippen LogP contribution in [0.2, 0.25) is 0 Å². The SMILES string of the molecule is CC(=O)Nc1ccc(C(=O)[C@H](C)OC(=O)c2[nH]c(C)c(C(C)=O)c2C)cc1. The van der Waals surface area contributed by atoms with Crippen molar-refractivity contribution in [2.45, 2.75) is 40.7 Å². The minimum atomic E-state index is -1.01. The Morgan fingerprint density at radius 3 is 2.11 bits per heavy atom. The Hall–Kier alpha value is -3.22. The zero-order chi connectivity index (χ0) is 20.3. The molecule has 0 unspecified atom stereocenters. The first-order chi connectivity index (χ1) is 12.6. The van der Waals surface area contributed by atoms with Gasteiger partial charge in [0.25, 0.3) is 0 Å². The van der Waals surface area contributed by atoms with Gasteiger partial charge in [-0.2, -0.15) is 0 Å². The van der Waals surface area contributed by atoms with Gasteiger partial charge in [0, 0.05) is 29.4 Å². The van der Waals surface area contributed by atoms with Gasteiger partial charge in [-0.15, -0.1) is 0 Å². The number of aryl methyl sites for hydroxylation is 1. The number of esters is 1. The number of rotatable bonds is 6. The van der Waals surface area contributed by atoms with E-state index < -0.39 is 12.1 Å². The van der Waals surface area contributed by atoms with E-state index in [-0.39, 0.29) is 23.2 Å². The third kappa shape index (κ3) is 4.49. The Kier molecular flexibility index (Phi) is 5.95. The van der Waals surface area contributed by atoms with Gasteiger partial charge < -0.3 is 15.0 Å². The monoisotopic (exact) mass is 370 g/mol. The molecule has 0 aliphatic heterocycles. The highest BCUT2D eigenvalue weighted by molar-refractivity contribution is 6.03. The van der Waals surface area contributed by atoms with E-state index >= 15 is 0 Å². The average molecular weight is 370 g/mol. The number of ketones is 2. The Labute approximate surface area is 157 Å². The fourth-order valence-electron chi connectivity index (χ4n) is 2.91. The maximum atomic E-state index is 12.5. The molecule has 0 spiro atoms. The second-order valence-corrected chi connectivity index (χ2v) is 6.35. The summed E-state index contributed by atoms with van der Waals surface area (Å²) in [5, 5.41) is 2.61. The van der Waals surface area contributed by atoms with Crippen LogP contribution in [0.1, 0.15) is 63.2 Å². The van der Waals surface area contributed by atoms with Gasteiger partial charge in [-0.25, -0.2) is 4.79 Å². The van der Waals surface area contributed by atoms with Crippen molar-refractivity contribution in [1.29, 1.82) is 0 Å². The molecular weight excluding hydrogens is 348 g/mol. The third-order valence-electron chi connectivity index (χ3n) is 4.14. The summed E-state index contributed by atoms with van der Waals surface area (Å²) in [5.74, 6) is -1.43. The minimum Gasteiger partial charge on any atom is -0.450 e. The summed E-state index contributed by atoms with van der Waals surface area (Å²) in [6.07, 6.45) is -1.01. The molecule has 2 N–H and O–H groups in total. The molecule has 0 saturated carbocycles. The highest BCUT2D eigenvalue weighted by Crippen LogP contribution is 2.20. The molecule has 1 amide bonds. The molecule has 142 valence electrons. The minimum absolute atomic E-state index is 0.149. The van der Waals surface area contributed by atoms with E-state index in [4.69, 9.17) is 4.74 Å². The summed E-state index contributed by atoms with van der Waals surface area (Å²) in [6.45, 7) is 7.66. The number of aromatic nitrogens is 1. The largest absolute Gasteiger partial charge is 0.450 e. The lowest BCUT2D eigenvalue weighted by Crippen LogP contribution is -2.25. The smallest absolute Gasteiger partial charge is 0.355 e. The Bertz CT molecular complexity index is 909. The maximum Gasteiger partial charge on any atom is 0.355 e. The van der Waals surface area contributed by atoms with Gasteiger partial charge in [0.15, 0.2) is 11.9 Å². The molecule has 2 rings (SSSR count). The van der Waals surface area contributed by atoms with Crippen LogP contribution in [-0.4, -0.2) is 34.5 Å². The molecule has 1 aromatic carbocycles. The van der Waals surface area contributed by atoms with Crippen LogP contribution in [0.4, 0.5) is 5.69 Å². The first-order valence-corrected chi connectivity index (χ1v) is 8.44. The zero-order valence-electron chi connectivity index (χ0n) is 15.9. The van der Waals surface area contributed by atoms with Crippen molar-refractivity contribution in [1.82, 2.24) is 4.98 Å². The van der Waals surface area contributed by atoms with E-state index in [0.717, 1.165) is 0 Å². The van der Waals surface area contributed by atoms with Crippen LogP contribution >= 0.6 is 0 Å². The molecule has 0 aliphatic rings. The van der Waals surface area contributed by atoms with E-state index in [2.05, 4.69) is 10.3 Å². The molecule has 0 aliphatic carbocycles. The number of carbonyl (C=O) groups excluding carboxylic acids is 4. The molecule has 0 saturated heterocycles. The standard InChI is InChI=1S/C20H22N2O5/c1-10-17(12(3)23)11(2)21-18(10)20(26)27-13(4)19(25)15-6-8-16(9-7-15)22-14(5)24/h6-9,13,21H,1-5H3,(H,22,24)/t13-/m0/s1. The van der Waals surface area contributed by atoms with Gasteiger partial charge >= 0.3 is 5.97 Å². The van der Waals surface area contributed by atoms with Gasteiger partial charge in [0.1, 0.15) is 5.69 Å². The Morgan fingerprint density at radius 2 is 1.63 bits per heavy atom. The summed E-state index contributed by atoms with van der Waals surface area (Å²) in [7, 11) is 0. The number of ether oxygens (including phenoxy) is 1. The van der Waals surface area contributed by atoms with Crippen molar-refractivity contribution >= 4 is 29.1 Å². The van der Waals surface area contributed by atoms with Crippen molar-refractivity contribution in [3.63, 3.8) is 0 Å². The molecule has 0 radical (unpaired) electrons. The topological polar surface area (TPSA) is 105 Å². The summed E-state index contributed by atoms with van der Waals surface area (Å²) >= 11 is 0. The number of H-pyrrole nitrogens is 1. The number of carbonyl (C=O) groups is 4. The Balaban J connectivity index is 2.12. The first kappa shape index (κ1) is 20.1. The molecule has 2 aromatic rings. The van der Waals surface area contributed by atoms with Crippen LogP contribution in [0.3, 0.4) is 0 Å². The van der Waals surface area contributed by atoms with E-state index in [1.807, 2.05) is 0 Å². The normalized spacial score (nSPS) is 11.6. The number of amides is 1. The fourth-order valence-corrected chi connectivity index (χ4v) is 2.91. The summed E-state index contributed by atoms with van der Waals surface area (Å²) in [4.78, 5) is 50.5. The van der Waals surface area contributed by atoms with Crippen molar-refractivity contribution in [2.24, 2.45) is 0 Å². The number of aromatic amines is 1. The first-order valence-electron chi connectivity index (χ1n) is 8.44. The molecule has 0 fully saturated rings. The van der Waals surface area contributed by atoms with E-state index in [9.17, 15) is 19.2 Å². The van der Waals surface area contributed by atoms with E-state index in [0.29, 0.717) is 28.1 Å². The third-order valence-corrected chi connectivity index (χ3v) is 4.14. The summed E-state index contributed by atoms with van der Waals surface area (Å²) in [5.41, 5.74) is 2.63. The van der Waals surface area contributed by atoms with Gasteiger partial charge in [-0.05, 0) is 57.5 Å². The van der Waals surface area contributed by atoms with E-state index in [1.165, 1.54) is 20.8 Å². The summed E-state index contributed by atoms with van der Waals surface area (Å²) < 4.78 is 5.28. The summed E-state index contributed by atoms with van der Waals surface area (Å²) in [6, 6.07) is 6.30. The highest BCUT2D eigenvalue weighted by Gasteiger charge is 2.25. The molecule has 1 heterocycles. The number of nitrogens with one attached hydrogen (secondary N) is 2. The van der Waals surface area contributed by atoms with Gasteiger partial charge in [-0.3, -0.25) is 14.4 Å². The van der Waals surface area contributed by atoms with Crippen molar-refractivity contribution in [2.75, 3.05) is 5.32 Å². The van der Waals surface area contributed by atoms with Crippen LogP contribution in [0.25, 0.3) is 0 Å². The number of hydrogen-bond acceptors (Lipinski definition) is 5. The average Bonchev–Trinajstić information content (AvgIpc) is 2.89. The van der Waals surface area contributed by atoms with E-state index in [1.54, 1.807) is 38.1 Å². The zero-order valence-corrected chi connectivity index (χ0v) is 15.9. The van der Waals surface area contributed by atoms with Gasteiger partial charge in [-0.1, -0.05) is 0 Å². The van der Waals surface area contributed by atoms with Crippen LogP contribution in [0.15, 0.2) is 24.3 Å². The van der Waals surface area contributed by atoms with Gasteiger partial charge in [0.05, 0.1) is 0 Å². The molecule has 1 atom stereocenters. The number of benzene rings is 1. The molecule has 7 nitrogen and oxygen atoms in total. The predicted molar refractivity (Wildman–Crippen MR) is 100 cm³/mol. The second-order valence-electron chi connectivity index (χ2n) is 6.35.